The number of amides is 1. The predicted octanol–water partition coefficient (Wildman–Crippen LogP) is 9.05. The van der Waals surface area contributed by atoms with E-state index in [0.717, 1.165) is 114 Å². The van der Waals surface area contributed by atoms with E-state index in [1.54, 1.807) is 24.1 Å². The van der Waals surface area contributed by atoms with Gasteiger partial charge in [0, 0.05) is 57.6 Å². The molecule has 1 aromatic heterocycles. The maximum atomic E-state index is 15.6. The second-order valence-electron chi connectivity index (χ2n) is 25.8. The number of aromatic amines is 1. The molecule has 5 heterocycles. The van der Waals surface area contributed by atoms with Crippen LogP contribution in [0.2, 0.25) is 0 Å². The Morgan fingerprint density at radius 3 is 2.66 bits per heavy atom. The molecule has 14 heteroatoms. The summed E-state index contributed by atoms with van der Waals surface area (Å²) >= 11 is 0. The minimum absolute atomic E-state index is 0.0231. The lowest BCUT2D eigenvalue weighted by molar-refractivity contribution is -0.328. The zero-order valence-corrected chi connectivity index (χ0v) is 45.2. The number of aliphatic hydroxyl groups excluding tert-OH is 2. The molecule has 8 bridgehead atoms. The fourth-order valence-corrected chi connectivity index (χ4v) is 18.5. The van der Waals surface area contributed by atoms with Crippen LogP contribution in [0.4, 0.5) is 0 Å². The SMILES string of the molecule is COc1c2c3c4c(O)c(c5c6c4c1CCC6=C[C@@H]1CCC[C@@H]51)C(=O)CN1Cc4c(cccc4C1=O)CC#CO[C@H]1[C@H](O)[C@@H](CO[C@@H](c4c[nH]c5cc6c(cc45)[C@]4(CC6)C[C@@]5(O)CCC[C@H]5CC45CCCC5)/C=C/2)O[C@H](O3)[C@@]1(O)CO. The van der Waals surface area contributed by atoms with Crippen molar-refractivity contribution in [1.82, 2.24) is 9.88 Å². The monoisotopic (exact) mass is 1080 g/mol. The van der Waals surface area contributed by atoms with Crippen molar-refractivity contribution in [3.8, 4) is 29.3 Å². The first kappa shape index (κ1) is 49.6. The van der Waals surface area contributed by atoms with Crippen molar-refractivity contribution < 1.29 is 58.8 Å². The number of aromatic nitrogens is 1. The van der Waals surface area contributed by atoms with Crippen LogP contribution in [-0.2, 0) is 45.4 Å². The summed E-state index contributed by atoms with van der Waals surface area (Å²) in [6.07, 6.45) is 19.5. The number of aliphatic hydroxyl groups is 4. The third-order valence-electron chi connectivity index (χ3n) is 22.2. The number of allylic oxidation sites excluding steroid dienone is 2. The number of methoxy groups -OCH3 is 1. The van der Waals surface area contributed by atoms with Gasteiger partial charge in [-0.1, -0.05) is 55.9 Å². The quantitative estimate of drug-likeness (QED) is 0.0939. The number of benzene rings is 4. The van der Waals surface area contributed by atoms with Crippen molar-refractivity contribution in [2.75, 3.05) is 26.9 Å². The Morgan fingerprint density at radius 2 is 1.81 bits per heavy atom. The molecule has 5 aromatic rings. The summed E-state index contributed by atoms with van der Waals surface area (Å²) in [5.41, 5.74) is 7.30. The molecule has 5 fully saturated rings. The van der Waals surface area contributed by atoms with Crippen molar-refractivity contribution in [3.05, 3.63) is 110 Å². The lowest BCUT2D eigenvalue weighted by Gasteiger charge is -2.58. The highest BCUT2D eigenvalue weighted by molar-refractivity contribution is 6.17. The number of hydrogen-bond acceptors (Lipinski definition) is 12. The highest BCUT2D eigenvalue weighted by atomic mass is 16.7. The molecule has 7 aliphatic carbocycles. The van der Waals surface area contributed by atoms with Gasteiger partial charge in [0.05, 0.1) is 49.0 Å². The zero-order chi connectivity index (χ0) is 54.2. The van der Waals surface area contributed by atoms with Gasteiger partial charge in [-0.05, 0) is 163 Å². The van der Waals surface area contributed by atoms with Gasteiger partial charge in [0.25, 0.3) is 5.91 Å². The largest absolute Gasteiger partial charge is 0.506 e. The minimum atomic E-state index is -2.47. The van der Waals surface area contributed by atoms with Crippen molar-refractivity contribution in [1.29, 1.82) is 0 Å². The molecule has 1 saturated heterocycles. The Balaban J connectivity index is 0.924. The number of aryl methyl sites for hydroxylation is 2. The second-order valence-corrected chi connectivity index (χ2v) is 25.8. The van der Waals surface area contributed by atoms with Gasteiger partial charge >= 0.3 is 0 Å². The number of phenolic OH excluding ortho intramolecular Hbond substituents is 1. The number of aromatic hydroxyl groups is 1. The van der Waals surface area contributed by atoms with Crippen LogP contribution in [-0.4, -0.2) is 110 Å². The fourth-order valence-electron chi connectivity index (χ4n) is 18.5. The first-order valence-corrected chi connectivity index (χ1v) is 29.6. The van der Waals surface area contributed by atoms with E-state index in [1.165, 1.54) is 36.8 Å². The number of fused-ring (bicyclic) bond motifs is 12. The Kier molecular flexibility index (Phi) is 11.0. The number of carbonyl (C=O) groups is 2. The van der Waals surface area contributed by atoms with Crippen LogP contribution in [0.1, 0.15) is 173 Å². The van der Waals surface area contributed by atoms with Crippen LogP contribution in [0, 0.1) is 29.3 Å². The van der Waals surface area contributed by atoms with E-state index in [0.29, 0.717) is 41.0 Å². The molecule has 80 heavy (non-hydrogen) atoms. The van der Waals surface area contributed by atoms with Crippen molar-refractivity contribution in [2.45, 2.75) is 169 Å². The van der Waals surface area contributed by atoms with Crippen LogP contribution < -0.4 is 9.47 Å². The number of carbonyl (C=O) groups excluding carboxylic acids is 2. The minimum Gasteiger partial charge on any atom is -0.506 e. The van der Waals surface area contributed by atoms with Crippen LogP contribution >= 0.6 is 0 Å². The average Bonchev–Trinajstić information content (AvgIpc) is 4.43. The number of nitrogens with zero attached hydrogens (tertiary/aromatic N) is 1. The number of rotatable bonds is 3. The van der Waals surface area contributed by atoms with E-state index in [-0.39, 0.29) is 77.1 Å². The van der Waals surface area contributed by atoms with Crippen LogP contribution in [0.15, 0.2) is 48.7 Å². The third-order valence-corrected chi connectivity index (χ3v) is 22.2. The zero-order valence-electron chi connectivity index (χ0n) is 45.2. The molecule has 11 aliphatic rings. The van der Waals surface area contributed by atoms with Gasteiger partial charge in [-0.2, -0.15) is 0 Å². The summed E-state index contributed by atoms with van der Waals surface area (Å²) < 4.78 is 33.6. The Bertz CT molecular complexity index is 3670. The average molecular weight is 1080 g/mol. The molecule has 14 nitrogen and oxygen atoms in total. The van der Waals surface area contributed by atoms with Crippen LogP contribution in [0.5, 0.6) is 17.2 Å². The third kappa shape index (κ3) is 6.70. The number of phenols is 1. The standard InChI is InChI=1S/C66H68N2O12/c1-76-58-41-15-14-37-24-35-9-5-12-39(35)52-51(37)53(41)55-57(72)54(52)48(70)30-68-29-45-34(8-4-13-40(45)61(68)73)10-7-23-77-60-56(71)50-31-78-49(17-16-42(58)59(55)80-62(79-50)66(60,75)33-69)44-28-67-47-25-36-18-22-64(46(36)26-43(44)47)32-65(74)21-6-11-38(65)27-63(64)19-2-3-20-63/h4,8,13,16-17,24-26,28,35,38-39,49-50,56,60,62,67,69,71-72,74-75H,2-3,5-6,9-12,14-15,18-22,27,29-33H2,1H3/b17-16+/t35-,38-,39+,49+,50+,56+,60-,62+,64-,65-,66+/m0/s1. The fraction of sp³-hybridized carbons (Fsp3) is 0.515. The first-order valence-electron chi connectivity index (χ1n) is 29.6. The summed E-state index contributed by atoms with van der Waals surface area (Å²) in [6.45, 7) is -1.35. The predicted molar refractivity (Wildman–Crippen MR) is 296 cm³/mol. The summed E-state index contributed by atoms with van der Waals surface area (Å²) in [5, 5.41) is 64.5. The van der Waals surface area contributed by atoms with Crippen molar-refractivity contribution in [2.24, 2.45) is 17.3 Å². The summed E-state index contributed by atoms with van der Waals surface area (Å²) in [6, 6.07) is 10.1. The molecule has 2 spiro atoms. The molecule has 16 rings (SSSR count). The molecule has 6 N–H and O–H groups in total. The summed E-state index contributed by atoms with van der Waals surface area (Å²) in [7, 11) is 1.60. The van der Waals surface area contributed by atoms with Gasteiger partial charge in [-0.25, -0.2) is 0 Å². The molecule has 11 atom stereocenters. The maximum Gasteiger partial charge on any atom is 0.254 e. The van der Waals surface area contributed by atoms with Gasteiger partial charge in [0.1, 0.15) is 41.7 Å². The molecule has 4 aromatic carbocycles. The van der Waals surface area contributed by atoms with E-state index in [1.807, 2.05) is 24.4 Å². The summed E-state index contributed by atoms with van der Waals surface area (Å²) in [4.78, 5) is 35.0. The molecule has 0 unspecified atom stereocenters. The van der Waals surface area contributed by atoms with Crippen molar-refractivity contribution >= 4 is 45.0 Å². The van der Waals surface area contributed by atoms with Crippen molar-refractivity contribution in [3.63, 3.8) is 0 Å². The lowest BCUT2D eigenvalue weighted by Crippen LogP contribution is -2.70. The van der Waals surface area contributed by atoms with Gasteiger partial charge in [0.15, 0.2) is 17.5 Å². The van der Waals surface area contributed by atoms with E-state index >= 15 is 4.79 Å². The molecule has 0 radical (unpaired) electrons. The smallest absolute Gasteiger partial charge is 0.254 e. The number of ether oxygens (including phenoxy) is 5. The van der Waals surface area contributed by atoms with Gasteiger partial charge in [-0.3, -0.25) is 9.59 Å². The topological polar surface area (TPSA) is 200 Å². The van der Waals surface area contributed by atoms with E-state index in [4.69, 9.17) is 23.7 Å². The van der Waals surface area contributed by atoms with E-state index in [9.17, 15) is 30.3 Å². The highest BCUT2D eigenvalue weighted by Crippen LogP contribution is 2.70. The van der Waals surface area contributed by atoms with Crippen LogP contribution in [0.3, 0.4) is 0 Å². The molecule has 414 valence electrons. The van der Waals surface area contributed by atoms with E-state index < -0.39 is 54.3 Å². The Labute approximate surface area is 464 Å². The van der Waals surface area contributed by atoms with Crippen LogP contribution in [0.25, 0.3) is 33.3 Å². The summed E-state index contributed by atoms with van der Waals surface area (Å²) in [5.74, 6) is 2.96. The number of hydrogen-bond donors (Lipinski definition) is 6. The van der Waals surface area contributed by atoms with Gasteiger partial charge in [0.2, 0.25) is 6.29 Å². The maximum absolute atomic E-state index is 15.6. The number of nitrogens with one attached hydrogen (secondary N) is 1. The van der Waals surface area contributed by atoms with E-state index in [2.05, 4.69) is 35.2 Å². The molecular weight excluding hydrogens is 1010 g/mol. The van der Waals surface area contributed by atoms with Gasteiger partial charge < -0.3 is 59.1 Å². The number of H-pyrrole nitrogens is 1. The molecule has 4 saturated carbocycles. The molecule has 1 amide bonds. The lowest BCUT2D eigenvalue weighted by atomic mass is 9.47. The Morgan fingerprint density at radius 1 is 0.938 bits per heavy atom. The highest BCUT2D eigenvalue weighted by Gasteiger charge is 2.65. The Hall–Kier alpha value is -6.18. The molecule has 4 aliphatic heterocycles. The second kappa shape index (κ2) is 17.7. The number of ketones is 1. The first-order chi connectivity index (χ1) is 38.9. The molecular formula is C66H68N2O12. The number of Topliss-reactive ketones (excluding diaryl/α,β-unsaturated/α-hetero) is 1. The normalized spacial score (nSPS) is 34.5. The van der Waals surface area contributed by atoms with Gasteiger partial charge in [-0.15, -0.1) is 0 Å².